The highest BCUT2D eigenvalue weighted by molar-refractivity contribution is 5.85. The first-order chi connectivity index (χ1) is 4.59. The predicted octanol–water partition coefficient (Wildman–Crippen LogP) is 1.34. The summed E-state index contributed by atoms with van der Waals surface area (Å²) in [4.78, 5) is 11.1. The Morgan fingerprint density at radius 3 is 2.30 bits per heavy atom. The SMILES string of the molecule is CCC[C@H](N)C(=O)C(C)C. The third-order valence-electron chi connectivity index (χ3n) is 1.53. The molecule has 0 fully saturated rings. The van der Waals surface area contributed by atoms with E-state index in [1.807, 2.05) is 20.8 Å². The molecule has 2 N–H and O–H groups in total. The van der Waals surface area contributed by atoms with Crippen LogP contribution in [0.15, 0.2) is 0 Å². The Morgan fingerprint density at radius 1 is 1.50 bits per heavy atom. The molecule has 0 unspecified atom stereocenters. The Balaban J connectivity index is 3.71. The highest BCUT2D eigenvalue weighted by atomic mass is 16.1. The fraction of sp³-hybridized carbons (Fsp3) is 0.875. The molecule has 0 heterocycles. The van der Waals surface area contributed by atoms with Crippen LogP contribution in [-0.4, -0.2) is 11.8 Å². The molecule has 60 valence electrons. The molecular weight excluding hydrogens is 126 g/mol. The van der Waals surface area contributed by atoms with Crippen molar-refractivity contribution < 1.29 is 4.79 Å². The molecule has 0 spiro atoms. The van der Waals surface area contributed by atoms with Crippen molar-refractivity contribution in [3.63, 3.8) is 0 Å². The average Bonchev–Trinajstić information content (AvgIpc) is 1.87. The van der Waals surface area contributed by atoms with Crippen molar-refractivity contribution in [3.05, 3.63) is 0 Å². The van der Waals surface area contributed by atoms with Gasteiger partial charge in [0.1, 0.15) is 0 Å². The van der Waals surface area contributed by atoms with E-state index in [-0.39, 0.29) is 17.7 Å². The number of hydrogen-bond donors (Lipinski definition) is 1. The fourth-order valence-corrected chi connectivity index (χ4v) is 0.881. The van der Waals surface area contributed by atoms with Gasteiger partial charge in [-0.25, -0.2) is 0 Å². The first-order valence-corrected chi connectivity index (χ1v) is 3.88. The van der Waals surface area contributed by atoms with Gasteiger partial charge in [0.2, 0.25) is 0 Å². The van der Waals surface area contributed by atoms with Gasteiger partial charge in [-0.2, -0.15) is 0 Å². The third kappa shape index (κ3) is 2.97. The molecule has 1 atom stereocenters. The normalized spacial score (nSPS) is 13.7. The van der Waals surface area contributed by atoms with Gasteiger partial charge in [-0.3, -0.25) is 4.79 Å². The zero-order valence-electron chi connectivity index (χ0n) is 7.05. The van der Waals surface area contributed by atoms with Crippen molar-refractivity contribution in [1.29, 1.82) is 0 Å². The van der Waals surface area contributed by atoms with Gasteiger partial charge in [-0.05, 0) is 6.42 Å². The minimum Gasteiger partial charge on any atom is -0.321 e. The van der Waals surface area contributed by atoms with Crippen LogP contribution in [0.2, 0.25) is 0 Å². The van der Waals surface area contributed by atoms with Crippen LogP contribution in [0.3, 0.4) is 0 Å². The van der Waals surface area contributed by atoms with Gasteiger partial charge in [-0.15, -0.1) is 0 Å². The molecule has 0 aliphatic carbocycles. The zero-order valence-corrected chi connectivity index (χ0v) is 7.05. The number of ketones is 1. The molecule has 10 heavy (non-hydrogen) atoms. The Kier molecular flexibility index (Phi) is 4.28. The van der Waals surface area contributed by atoms with Gasteiger partial charge >= 0.3 is 0 Å². The lowest BCUT2D eigenvalue weighted by Gasteiger charge is -2.10. The van der Waals surface area contributed by atoms with Crippen molar-refractivity contribution in [1.82, 2.24) is 0 Å². The summed E-state index contributed by atoms with van der Waals surface area (Å²) in [6, 6.07) is -0.231. The number of rotatable bonds is 4. The summed E-state index contributed by atoms with van der Waals surface area (Å²) < 4.78 is 0. The summed E-state index contributed by atoms with van der Waals surface area (Å²) in [6.45, 7) is 5.81. The van der Waals surface area contributed by atoms with Crippen LogP contribution in [0.25, 0.3) is 0 Å². The quantitative estimate of drug-likeness (QED) is 0.645. The molecule has 0 aliphatic heterocycles. The smallest absolute Gasteiger partial charge is 0.152 e. The lowest BCUT2D eigenvalue weighted by atomic mass is 9.99. The molecule has 0 rings (SSSR count). The number of carbonyl (C=O) groups is 1. The molecule has 0 aromatic rings. The maximum absolute atomic E-state index is 11.1. The van der Waals surface area contributed by atoms with E-state index in [9.17, 15) is 4.79 Å². The van der Waals surface area contributed by atoms with Gasteiger partial charge in [0, 0.05) is 5.92 Å². The summed E-state index contributed by atoms with van der Waals surface area (Å²) in [6.07, 6.45) is 1.80. The average molecular weight is 143 g/mol. The lowest BCUT2D eigenvalue weighted by molar-refractivity contribution is -0.123. The Labute approximate surface area is 62.8 Å². The van der Waals surface area contributed by atoms with Gasteiger partial charge < -0.3 is 5.73 Å². The Hall–Kier alpha value is -0.370. The minimum atomic E-state index is -0.231. The molecular formula is C8H17NO. The summed E-state index contributed by atoms with van der Waals surface area (Å²) in [5, 5.41) is 0. The van der Waals surface area contributed by atoms with Gasteiger partial charge in [0.25, 0.3) is 0 Å². The van der Waals surface area contributed by atoms with E-state index >= 15 is 0 Å². The van der Waals surface area contributed by atoms with Crippen LogP contribution in [-0.2, 0) is 4.79 Å². The van der Waals surface area contributed by atoms with Crippen molar-refractivity contribution in [2.24, 2.45) is 11.7 Å². The summed E-state index contributed by atoms with van der Waals surface area (Å²) in [5.41, 5.74) is 5.58. The molecule has 0 saturated carbocycles. The molecule has 2 heteroatoms. The maximum atomic E-state index is 11.1. The first kappa shape index (κ1) is 9.63. The molecule has 2 nitrogen and oxygen atoms in total. The Morgan fingerprint density at radius 2 is 2.00 bits per heavy atom. The molecule has 0 aromatic heterocycles. The highest BCUT2D eigenvalue weighted by Crippen LogP contribution is 2.02. The van der Waals surface area contributed by atoms with Crippen LogP contribution in [0.4, 0.5) is 0 Å². The van der Waals surface area contributed by atoms with E-state index in [4.69, 9.17) is 5.73 Å². The molecule has 0 amide bonds. The highest BCUT2D eigenvalue weighted by Gasteiger charge is 2.14. The van der Waals surface area contributed by atoms with Crippen molar-refractivity contribution >= 4 is 5.78 Å². The van der Waals surface area contributed by atoms with Gasteiger partial charge in [0.05, 0.1) is 6.04 Å². The standard InChI is InChI=1S/C8H17NO/c1-4-5-7(9)8(10)6(2)3/h6-7H,4-5,9H2,1-3H3/t7-/m0/s1. The van der Waals surface area contributed by atoms with Crippen molar-refractivity contribution in [3.8, 4) is 0 Å². The molecule has 0 aliphatic rings. The van der Waals surface area contributed by atoms with E-state index in [0.29, 0.717) is 0 Å². The Bertz CT molecular complexity index is 110. The molecule has 0 aromatic carbocycles. The second kappa shape index (κ2) is 4.45. The third-order valence-corrected chi connectivity index (χ3v) is 1.53. The van der Waals surface area contributed by atoms with Crippen LogP contribution in [0.5, 0.6) is 0 Å². The minimum absolute atomic E-state index is 0.0848. The second-order valence-electron chi connectivity index (χ2n) is 2.95. The molecule has 0 bridgehead atoms. The van der Waals surface area contributed by atoms with E-state index < -0.39 is 0 Å². The summed E-state index contributed by atoms with van der Waals surface area (Å²) >= 11 is 0. The number of carbonyl (C=O) groups excluding carboxylic acids is 1. The van der Waals surface area contributed by atoms with Gasteiger partial charge in [-0.1, -0.05) is 27.2 Å². The van der Waals surface area contributed by atoms with Crippen molar-refractivity contribution in [2.45, 2.75) is 39.7 Å². The van der Waals surface area contributed by atoms with Crippen LogP contribution in [0.1, 0.15) is 33.6 Å². The van der Waals surface area contributed by atoms with E-state index in [2.05, 4.69) is 0 Å². The lowest BCUT2D eigenvalue weighted by Crippen LogP contribution is -2.33. The zero-order chi connectivity index (χ0) is 8.15. The number of Topliss-reactive ketones (excluding diaryl/α,β-unsaturated/α-hetero) is 1. The van der Waals surface area contributed by atoms with Crippen LogP contribution in [0, 0.1) is 5.92 Å². The molecule has 0 saturated heterocycles. The van der Waals surface area contributed by atoms with Crippen LogP contribution < -0.4 is 5.73 Å². The second-order valence-corrected chi connectivity index (χ2v) is 2.95. The van der Waals surface area contributed by atoms with E-state index in [0.717, 1.165) is 12.8 Å². The predicted molar refractivity (Wildman–Crippen MR) is 42.7 cm³/mol. The van der Waals surface area contributed by atoms with E-state index in [1.54, 1.807) is 0 Å². The topological polar surface area (TPSA) is 43.1 Å². The largest absolute Gasteiger partial charge is 0.321 e. The number of hydrogen-bond acceptors (Lipinski definition) is 2. The van der Waals surface area contributed by atoms with Gasteiger partial charge in [0.15, 0.2) is 5.78 Å². The first-order valence-electron chi connectivity index (χ1n) is 3.88. The number of nitrogens with two attached hydrogens (primary N) is 1. The molecule has 0 radical (unpaired) electrons. The monoisotopic (exact) mass is 143 g/mol. The summed E-state index contributed by atoms with van der Waals surface area (Å²) in [5.74, 6) is 0.267. The summed E-state index contributed by atoms with van der Waals surface area (Å²) in [7, 11) is 0. The maximum Gasteiger partial charge on any atom is 0.152 e. The van der Waals surface area contributed by atoms with Crippen LogP contribution >= 0.6 is 0 Å². The fourth-order valence-electron chi connectivity index (χ4n) is 0.881. The van der Waals surface area contributed by atoms with Crippen molar-refractivity contribution in [2.75, 3.05) is 0 Å². The van der Waals surface area contributed by atoms with E-state index in [1.165, 1.54) is 0 Å².